The largest absolute Gasteiger partial charge is 0.350 e. The highest BCUT2D eigenvalue weighted by atomic mass is 127. The van der Waals surface area contributed by atoms with Gasteiger partial charge in [0.1, 0.15) is 0 Å². The Morgan fingerprint density at radius 2 is 1.36 bits per heavy atom. The maximum absolute atomic E-state index is 12.0. The van der Waals surface area contributed by atoms with E-state index >= 15 is 0 Å². The van der Waals surface area contributed by atoms with Gasteiger partial charge in [0.05, 0.1) is 11.1 Å². The average Bonchev–Trinajstić information content (AvgIpc) is 2.52. The molecule has 22 heavy (non-hydrogen) atoms. The van der Waals surface area contributed by atoms with E-state index in [1.54, 1.807) is 24.3 Å². The minimum Gasteiger partial charge on any atom is -0.350 e. The summed E-state index contributed by atoms with van der Waals surface area (Å²) in [6.45, 7) is 0.723. The van der Waals surface area contributed by atoms with Crippen LogP contribution in [-0.2, 0) is 0 Å². The minimum atomic E-state index is -0.200. The van der Waals surface area contributed by atoms with Crippen molar-refractivity contribution in [1.82, 2.24) is 10.6 Å². The molecule has 0 aromatic heterocycles. The maximum Gasteiger partial charge on any atom is 0.252 e. The first-order chi connectivity index (χ1) is 10.6. The molecule has 2 N–H and O–H groups in total. The van der Waals surface area contributed by atoms with Gasteiger partial charge in [-0.25, -0.2) is 0 Å². The Morgan fingerprint density at radius 1 is 0.864 bits per heavy atom. The normalized spacial score (nSPS) is 10.1. The van der Waals surface area contributed by atoms with E-state index in [2.05, 4.69) is 45.9 Å². The standard InChI is InChI=1S/C16H15IN2O2S/c17-13-7-3-1-5-11(13)15(20)18-9-10-19-16(21)12-6-2-4-8-14(12)22/h1-8,22H,9-10H2,(H,18,20)(H,19,21). The van der Waals surface area contributed by atoms with Gasteiger partial charge in [-0.05, 0) is 46.9 Å². The van der Waals surface area contributed by atoms with Crippen LogP contribution in [0.1, 0.15) is 20.7 Å². The van der Waals surface area contributed by atoms with Gasteiger partial charge < -0.3 is 10.6 Å². The molecule has 0 aliphatic carbocycles. The lowest BCUT2D eigenvalue weighted by molar-refractivity contribution is 0.0926. The molecular formula is C16H15IN2O2S. The predicted molar refractivity (Wildman–Crippen MR) is 97.5 cm³/mol. The van der Waals surface area contributed by atoms with Crippen molar-refractivity contribution in [3.63, 3.8) is 0 Å². The fourth-order valence-corrected chi connectivity index (χ4v) is 2.75. The van der Waals surface area contributed by atoms with Crippen LogP contribution < -0.4 is 10.6 Å². The molecule has 0 heterocycles. The summed E-state index contributed by atoms with van der Waals surface area (Å²) in [4.78, 5) is 24.6. The molecule has 2 aromatic carbocycles. The molecule has 0 aliphatic heterocycles. The fourth-order valence-electron chi connectivity index (χ4n) is 1.85. The number of halogens is 1. The highest BCUT2D eigenvalue weighted by Crippen LogP contribution is 2.12. The van der Waals surface area contributed by atoms with Crippen LogP contribution in [0.5, 0.6) is 0 Å². The number of carbonyl (C=O) groups is 2. The van der Waals surface area contributed by atoms with Gasteiger partial charge in [-0.3, -0.25) is 9.59 Å². The molecule has 0 bridgehead atoms. The summed E-state index contributed by atoms with van der Waals surface area (Å²) in [5.74, 6) is -0.344. The van der Waals surface area contributed by atoms with Gasteiger partial charge in [-0.2, -0.15) is 0 Å². The van der Waals surface area contributed by atoms with Crippen molar-refractivity contribution < 1.29 is 9.59 Å². The number of rotatable bonds is 5. The zero-order valence-electron chi connectivity index (χ0n) is 11.7. The number of carbonyl (C=O) groups excluding carboxylic acids is 2. The third kappa shape index (κ3) is 4.48. The van der Waals surface area contributed by atoms with Gasteiger partial charge in [0.2, 0.25) is 0 Å². The van der Waals surface area contributed by atoms with E-state index < -0.39 is 0 Å². The van der Waals surface area contributed by atoms with Crippen molar-refractivity contribution in [3.05, 3.63) is 63.2 Å². The van der Waals surface area contributed by atoms with E-state index in [4.69, 9.17) is 0 Å². The first kappa shape index (κ1) is 16.8. The average molecular weight is 426 g/mol. The number of hydrogen-bond donors (Lipinski definition) is 3. The van der Waals surface area contributed by atoms with Gasteiger partial charge in [0.25, 0.3) is 11.8 Å². The lowest BCUT2D eigenvalue weighted by Gasteiger charge is -2.09. The van der Waals surface area contributed by atoms with Crippen molar-refractivity contribution in [2.75, 3.05) is 13.1 Å². The van der Waals surface area contributed by atoms with E-state index in [9.17, 15) is 9.59 Å². The smallest absolute Gasteiger partial charge is 0.252 e. The second kappa shape index (κ2) is 8.19. The highest BCUT2D eigenvalue weighted by Gasteiger charge is 2.10. The molecule has 0 fully saturated rings. The molecule has 0 atom stereocenters. The second-order valence-corrected chi connectivity index (χ2v) is 6.15. The van der Waals surface area contributed by atoms with Gasteiger partial charge in [0, 0.05) is 21.6 Å². The number of thiol groups is 1. The van der Waals surface area contributed by atoms with Crippen LogP contribution in [0.25, 0.3) is 0 Å². The maximum atomic E-state index is 12.0. The van der Waals surface area contributed by atoms with Crippen LogP contribution in [0.3, 0.4) is 0 Å². The topological polar surface area (TPSA) is 58.2 Å². The lowest BCUT2D eigenvalue weighted by atomic mass is 10.2. The number of amides is 2. The minimum absolute atomic E-state index is 0.145. The van der Waals surface area contributed by atoms with Gasteiger partial charge in [0.15, 0.2) is 0 Å². The van der Waals surface area contributed by atoms with E-state index in [1.807, 2.05) is 24.3 Å². The monoisotopic (exact) mass is 426 g/mol. The Hall–Kier alpha value is -1.54. The molecule has 0 spiro atoms. The summed E-state index contributed by atoms with van der Waals surface area (Å²) in [6, 6.07) is 14.4. The van der Waals surface area contributed by atoms with Gasteiger partial charge >= 0.3 is 0 Å². The molecule has 0 saturated carbocycles. The van der Waals surface area contributed by atoms with Crippen molar-refractivity contribution in [2.45, 2.75) is 4.90 Å². The summed E-state index contributed by atoms with van der Waals surface area (Å²) in [7, 11) is 0. The van der Waals surface area contributed by atoms with E-state index in [0.29, 0.717) is 29.1 Å². The zero-order chi connectivity index (χ0) is 15.9. The Balaban J connectivity index is 1.80. The predicted octanol–water partition coefficient (Wildman–Crippen LogP) is 2.74. The van der Waals surface area contributed by atoms with E-state index in [0.717, 1.165) is 3.57 Å². The molecule has 0 saturated heterocycles. The molecule has 4 nitrogen and oxygen atoms in total. The van der Waals surface area contributed by atoms with Crippen LogP contribution in [0, 0.1) is 3.57 Å². The fraction of sp³-hybridized carbons (Fsp3) is 0.125. The summed E-state index contributed by atoms with van der Waals surface area (Å²) >= 11 is 6.36. The number of benzene rings is 2. The SMILES string of the molecule is O=C(NCCNC(=O)c1ccccc1I)c1ccccc1S. The van der Waals surface area contributed by atoms with Crippen LogP contribution in [-0.4, -0.2) is 24.9 Å². The molecule has 2 amide bonds. The highest BCUT2D eigenvalue weighted by molar-refractivity contribution is 14.1. The third-order valence-corrected chi connectivity index (χ3v) is 4.29. The Morgan fingerprint density at radius 3 is 1.95 bits per heavy atom. The first-order valence-corrected chi connectivity index (χ1v) is 8.21. The first-order valence-electron chi connectivity index (χ1n) is 6.68. The molecule has 2 aromatic rings. The number of hydrogen-bond acceptors (Lipinski definition) is 3. The molecular weight excluding hydrogens is 411 g/mol. The summed E-state index contributed by atoms with van der Waals surface area (Å²) < 4.78 is 0.894. The van der Waals surface area contributed by atoms with E-state index in [-0.39, 0.29) is 11.8 Å². The Labute approximate surface area is 148 Å². The van der Waals surface area contributed by atoms with Crippen LogP contribution in [0.4, 0.5) is 0 Å². The summed E-state index contributed by atoms with van der Waals surface area (Å²) in [6.07, 6.45) is 0. The van der Waals surface area contributed by atoms with Gasteiger partial charge in [-0.15, -0.1) is 12.6 Å². The molecule has 0 radical (unpaired) electrons. The summed E-state index contributed by atoms with van der Waals surface area (Å²) in [5.41, 5.74) is 1.16. The molecule has 114 valence electrons. The third-order valence-electron chi connectivity index (χ3n) is 2.96. The molecule has 2 rings (SSSR count). The van der Waals surface area contributed by atoms with Crippen LogP contribution in [0.2, 0.25) is 0 Å². The van der Waals surface area contributed by atoms with Crippen LogP contribution >= 0.6 is 35.2 Å². The molecule has 6 heteroatoms. The Kier molecular flexibility index (Phi) is 6.26. The Bertz CT molecular complexity index is 632. The second-order valence-electron chi connectivity index (χ2n) is 4.51. The van der Waals surface area contributed by atoms with Crippen LogP contribution in [0.15, 0.2) is 53.4 Å². The number of nitrogens with one attached hydrogen (secondary N) is 2. The summed E-state index contributed by atoms with van der Waals surface area (Å²) in [5, 5.41) is 5.54. The molecule has 0 unspecified atom stereocenters. The van der Waals surface area contributed by atoms with Crippen molar-refractivity contribution in [1.29, 1.82) is 0 Å². The zero-order valence-corrected chi connectivity index (χ0v) is 14.7. The van der Waals surface area contributed by atoms with Crippen molar-refractivity contribution >= 4 is 47.0 Å². The van der Waals surface area contributed by atoms with Crippen molar-refractivity contribution in [2.24, 2.45) is 0 Å². The molecule has 0 aliphatic rings. The van der Waals surface area contributed by atoms with Crippen molar-refractivity contribution in [3.8, 4) is 0 Å². The lowest BCUT2D eigenvalue weighted by Crippen LogP contribution is -2.35. The van der Waals surface area contributed by atoms with Gasteiger partial charge in [-0.1, -0.05) is 24.3 Å². The van der Waals surface area contributed by atoms with E-state index in [1.165, 1.54) is 0 Å². The quantitative estimate of drug-likeness (QED) is 0.391.